The van der Waals surface area contributed by atoms with Crippen LogP contribution in [0.1, 0.15) is 34.5 Å². The lowest BCUT2D eigenvalue weighted by atomic mass is 10.2. The summed E-state index contributed by atoms with van der Waals surface area (Å²) in [6, 6.07) is 1.75. The lowest BCUT2D eigenvalue weighted by molar-refractivity contribution is 0.0518. The molecule has 2 heterocycles. The van der Waals surface area contributed by atoms with Crippen molar-refractivity contribution in [3.63, 3.8) is 0 Å². The van der Waals surface area contributed by atoms with Gasteiger partial charge in [0.15, 0.2) is 11.5 Å². The standard InChI is InChI=1S/C13H17N5O2/c1-5-20-13(19)11-8(3)12(14)18(17-11)10-6-7(2)15-9(4)16-10/h6H,5,14H2,1-4H3. The van der Waals surface area contributed by atoms with Crippen LogP contribution in [-0.2, 0) is 4.74 Å². The molecule has 2 N–H and O–H groups in total. The quantitative estimate of drug-likeness (QED) is 0.849. The van der Waals surface area contributed by atoms with E-state index in [2.05, 4.69) is 15.1 Å². The Bertz CT molecular complexity index is 643. The zero-order chi connectivity index (χ0) is 14.9. The molecule has 2 aromatic rings. The van der Waals surface area contributed by atoms with Gasteiger partial charge in [0.2, 0.25) is 0 Å². The molecule has 2 rings (SSSR count). The minimum atomic E-state index is -0.488. The van der Waals surface area contributed by atoms with Crippen LogP contribution in [0.25, 0.3) is 5.82 Å². The van der Waals surface area contributed by atoms with E-state index in [4.69, 9.17) is 10.5 Å². The van der Waals surface area contributed by atoms with Crippen LogP contribution in [0.2, 0.25) is 0 Å². The van der Waals surface area contributed by atoms with Crippen molar-refractivity contribution in [1.29, 1.82) is 0 Å². The molecule has 0 saturated carbocycles. The number of carbonyl (C=O) groups is 1. The second kappa shape index (κ2) is 5.28. The fourth-order valence-electron chi connectivity index (χ4n) is 1.88. The molecule has 0 aliphatic heterocycles. The normalized spacial score (nSPS) is 10.6. The SMILES string of the molecule is CCOC(=O)c1nn(-c2cc(C)nc(C)n2)c(N)c1C. The average molecular weight is 275 g/mol. The number of nitrogen functional groups attached to an aromatic ring is 1. The number of ether oxygens (including phenoxy) is 1. The first-order valence-corrected chi connectivity index (χ1v) is 6.29. The molecule has 7 heteroatoms. The summed E-state index contributed by atoms with van der Waals surface area (Å²) in [5.74, 6) is 1.03. The van der Waals surface area contributed by atoms with Gasteiger partial charge in [-0.05, 0) is 27.7 Å². The predicted molar refractivity (Wildman–Crippen MR) is 73.7 cm³/mol. The molecule has 0 aliphatic carbocycles. The monoisotopic (exact) mass is 275 g/mol. The summed E-state index contributed by atoms with van der Waals surface area (Å²) < 4.78 is 6.39. The molecule has 0 bridgehead atoms. The van der Waals surface area contributed by atoms with Crippen LogP contribution in [0.4, 0.5) is 5.82 Å². The van der Waals surface area contributed by atoms with E-state index in [1.165, 1.54) is 4.68 Å². The van der Waals surface area contributed by atoms with Crippen LogP contribution >= 0.6 is 0 Å². The van der Waals surface area contributed by atoms with Crippen LogP contribution in [0, 0.1) is 20.8 Å². The number of hydrogen-bond acceptors (Lipinski definition) is 6. The molecule has 2 aromatic heterocycles. The van der Waals surface area contributed by atoms with Gasteiger partial charge in [0.25, 0.3) is 0 Å². The van der Waals surface area contributed by atoms with Gasteiger partial charge in [0, 0.05) is 17.3 Å². The maximum Gasteiger partial charge on any atom is 0.359 e. The number of nitrogens with zero attached hydrogens (tertiary/aromatic N) is 4. The third-order valence-corrected chi connectivity index (χ3v) is 2.81. The van der Waals surface area contributed by atoms with Crippen molar-refractivity contribution in [3.8, 4) is 5.82 Å². The molecule has 106 valence electrons. The van der Waals surface area contributed by atoms with Crippen LogP contribution in [-0.4, -0.2) is 32.3 Å². The molecule has 0 atom stereocenters. The summed E-state index contributed by atoms with van der Waals surface area (Å²) in [5, 5.41) is 4.21. The van der Waals surface area contributed by atoms with Gasteiger partial charge in [0.1, 0.15) is 11.6 Å². The van der Waals surface area contributed by atoms with Crippen LogP contribution < -0.4 is 5.73 Å². The highest BCUT2D eigenvalue weighted by molar-refractivity contribution is 5.90. The Balaban J connectivity index is 2.53. The Labute approximate surface area is 116 Å². The Kier molecular flexibility index (Phi) is 3.69. The highest BCUT2D eigenvalue weighted by Gasteiger charge is 2.20. The van der Waals surface area contributed by atoms with Gasteiger partial charge in [-0.3, -0.25) is 0 Å². The molecule has 20 heavy (non-hydrogen) atoms. The average Bonchev–Trinajstić information content (AvgIpc) is 2.66. The molecule has 0 saturated heterocycles. The minimum Gasteiger partial charge on any atom is -0.461 e. The number of aryl methyl sites for hydroxylation is 2. The summed E-state index contributed by atoms with van der Waals surface area (Å²) in [5.41, 5.74) is 7.59. The first-order valence-electron chi connectivity index (χ1n) is 6.29. The van der Waals surface area contributed by atoms with Gasteiger partial charge in [0.05, 0.1) is 6.61 Å². The van der Waals surface area contributed by atoms with E-state index >= 15 is 0 Å². The molecular weight excluding hydrogens is 258 g/mol. The van der Waals surface area contributed by atoms with Gasteiger partial charge < -0.3 is 10.5 Å². The summed E-state index contributed by atoms with van der Waals surface area (Å²) in [7, 11) is 0. The minimum absolute atomic E-state index is 0.207. The van der Waals surface area contributed by atoms with Crippen molar-refractivity contribution in [2.75, 3.05) is 12.3 Å². The zero-order valence-corrected chi connectivity index (χ0v) is 12.0. The molecule has 0 amide bonds. The number of rotatable bonds is 3. The van der Waals surface area contributed by atoms with E-state index in [1.54, 1.807) is 26.8 Å². The Morgan fingerprint density at radius 3 is 2.65 bits per heavy atom. The van der Waals surface area contributed by atoms with Gasteiger partial charge in [-0.25, -0.2) is 14.8 Å². The Morgan fingerprint density at radius 2 is 2.05 bits per heavy atom. The first kappa shape index (κ1) is 14.0. The van der Waals surface area contributed by atoms with Gasteiger partial charge in [-0.2, -0.15) is 9.78 Å². The molecule has 7 nitrogen and oxygen atoms in total. The topological polar surface area (TPSA) is 95.9 Å². The van der Waals surface area contributed by atoms with Crippen molar-refractivity contribution in [2.45, 2.75) is 27.7 Å². The van der Waals surface area contributed by atoms with Crippen molar-refractivity contribution >= 4 is 11.8 Å². The maximum atomic E-state index is 11.8. The first-order chi connectivity index (χ1) is 9.43. The lowest BCUT2D eigenvalue weighted by Gasteiger charge is -2.05. The van der Waals surface area contributed by atoms with E-state index in [9.17, 15) is 4.79 Å². The highest BCUT2D eigenvalue weighted by atomic mass is 16.5. The fraction of sp³-hybridized carbons (Fsp3) is 0.385. The second-order valence-electron chi connectivity index (χ2n) is 4.41. The summed E-state index contributed by atoms with van der Waals surface area (Å²) in [6.45, 7) is 7.40. The van der Waals surface area contributed by atoms with Crippen molar-refractivity contribution < 1.29 is 9.53 Å². The summed E-state index contributed by atoms with van der Waals surface area (Å²) in [4.78, 5) is 20.3. The van der Waals surface area contributed by atoms with Crippen molar-refractivity contribution in [3.05, 3.63) is 28.8 Å². The van der Waals surface area contributed by atoms with Crippen molar-refractivity contribution in [2.24, 2.45) is 0 Å². The Morgan fingerprint density at radius 1 is 1.35 bits per heavy atom. The number of aromatic nitrogens is 4. The lowest BCUT2D eigenvalue weighted by Crippen LogP contribution is -2.09. The van der Waals surface area contributed by atoms with Crippen LogP contribution in [0.3, 0.4) is 0 Å². The van der Waals surface area contributed by atoms with Gasteiger partial charge in [-0.15, -0.1) is 0 Å². The largest absolute Gasteiger partial charge is 0.461 e. The second-order valence-corrected chi connectivity index (χ2v) is 4.41. The smallest absolute Gasteiger partial charge is 0.359 e. The van der Waals surface area contributed by atoms with Gasteiger partial charge in [-0.1, -0.05) is 0 Å². The molecule has 0 radical (unpaired) electrons. The van der Waals surface area contributed by atoms with Crippen LogP contribution in [0.5, 0.6) is 0 Å². The number of hydrogen-bond donors (Lipinski definition) is 1. The third kappa shape index (κ3) is 2.47. The number of anilines is 1. The maximum absolute atomic E-state index is 11.8. The van der Waals surface area contributed by atoms with Crippen LogP contribution in [0.15, 0.2) is 6.07 Å². The van der Waals surface area contributed by atoms with E-state index < -0.39 is 5.97 Å². The van der Waals surface area contributed by atoms with Gasteiger partial charge >= 0.3 is 5.97 Å². The Hall–Kier alpha value is -2.44. The molecule has 0 aromatic carbocycles. The number of carbonyl (C=O) groups excluding carboxylic acids is 1. The summed E-state index contributed by atoms with van der Waals surface area (Å²) in [6.07, 6.45) is 0. The molecule has 0 unspecified atom stereocenters. The molecule has 0 spiro atoms. The van der Waals surface area contributed by atoms with E-state index in [-0.39, 0.29) is 12.3 Å². The zero-order valence-electron chi connectivity index (χ0n) is 12.0. The fourth-order valence-corrected chi connectivity index (χ4v) is 1.88. The molecular formula is C13H17N5O2. The number of nitrogens with two attached hydrogens (primary N) is 1. The number of esters is 1. The summed E-state index contributed by atoms with van der Waals surface area (Å²) >= 11 is 0. The molecule has 0 fully saturated rings. The third-order valence-electron chi connectivity index (χ3n) is 2.81. The van der Waals surface area contributed by atoms with E-state index in [0.717, 1.165) is 5.69 Å². The highest BCUT2D eigenvalue weighted by Crippen LogP contribution is 2.20. The van der Waals surface area contributed by atoms with E-state index in [1.807, 2.05) is 6.92 Å². The molecule has 0 aliphatic rings. The van der Waals surface area contributed by atoms with E-state index in [0.29, 0.717) is 23.0 Å². The van der Waals surface area contributed by atoms with Crippen molar-refractivity contribution in [1.82, 2.24) is 19.7 Å². The predicted octanol–water partition coefficient (Wildman–Crippen LogP) is 1.35.